The van der Waals surface area contributed by atoms with E-state index in [4.69, 9.17) is 0 Å². The number of likely N-dealkylation sites (N-methyl/N-ethyl adjacent to an activating group) is 1. The Labute approximate surface area is 104 Å². The first kappa shape index (κ1) is 13.7. The fourth-order valence-corrected chi connectivity index (χ4v) is 1.70. The first-order chi connectivity index (χ1) is 7.99. The monoisotopic (exact) mass is 234 g/mol. The summed E-state index contributed by atoms with van der Waals surface area (Å²) >= 11 is 0. The van der Waals surface area contributed by atoms with Gasteiger partial charge in [-0.15, -0.1) is 0 Å². The number of carbonyl (C=O) groups excluding carboxylic acids is 1. The fourth-order valence-electron chi connectivity index (χ4n) is 1.70. The Morgan fingerprint density at radius 1 is 1.29 bits per heavy atom. The third-order valence-electron chi connectivity index (χ3n) is 2.73. The Hall–Kier alpha value is -1.35. The molecular formula is C14H22N2O. The van der Waals surface area contributed by atoms with Crippen molar-refractivity contribution in [2.24, 2.45) is 0 Å². The Morgan fingerprint density at radius 2 is 2.00 bits per heavy atom. The second kappa shape index (κ2) is 6.40. The zero-order valence-electron chi connectivity index (χ0n) is 11.2. The lowest BCUT2D eigenvalue weighted by atomic mass is 10.0. The molecule has 0 heterocycles. The van der Waals surface area contributed by atoms with E-state index in [1.165, 1.54) is 11.1 Å². The van der Waals surface area contributed by atoms with Gasteiger partial charge in [-0.2, -0.15) is 0 Å². The zero-order chi connectivity index (χ0) is 12.8. The molecule has 0 saturated heterocycles. The maximum atomic E-state index is 11.7. The van der Waals surface area contributed by atoms with E-state index in [0.29, 0.717) is 13.0 Å². The topological polar surface area (TPSA) is 32.3 Å². The van der Waals surface area contributed by atoms with E-state index in [-0.39, 0.29) is 5.91 Å². The molecule has 0 fully saturated rings. The minimum absolute atomic E-state index is 0.0961. The second-order valence-corrected chi connectivity index (χ2v) is 4.76. The summed E-state index contributed by atoms with van der Waals surface area (Å²) in [6.45, 7) is 5.69. The Balaban J connectivity index is 2.45. The molecule has 0 aliphatic carbocycles. The Morgan fingerprint density at radius 3 is 2.59 bits per heavy atom. The highest BCUT2D eigenvalue weighted by atomic mass is 16.1. The number of aryl methyl sites for hydroxylation is 2. The minimum atomic E-state index is 0.0961. The molecule has 1 aromatic rings. The number of benzene rings is 1. The molecule has 0 radical (unpaired) electrons. The fraction of sp³-hybridized carbons (Fsp3) is 0.500. The summed E-state index contributed by atoms with van der Waals surface area (Å²) in [6.07, 6.45) is 0.472. The predicted molar refractivity (Wildman–Crippen MR) is 71.2 cm³/mol. The number of hydrogen-bond donors (Lipinski definition) is 1. The van der Waals surface area contributed by atoms with Gasteiger partial charge < -0.3 is 10.2 Å². The molecule has 3 heteroatoms. The number of nitrogens with zero attached hydrogens (tertiary/aromatic N) is 1. The minimum Gasteiger partial charge on any atom is -0.355 e. The molecule has 17 heavy (non-hydrogen) atoms. The molecule has 1 aromatic carbocycles. The van der Waals surface area contributed by atoms with Crippen molar-refractivity contribution in [3.8, 4) is 0 Å². The van der Waals surface area contributed by atoms with Crippen molar-refractivity contribution in [1.82, 2.24) is 10.2 Å². The van der Waals surface area contributed by atoms with Crippen LogP contribution in [-0.4, -0.2) is 38.0 Å². The van der Waals surface area contributed by atoms with E-state index in [2.05, 4.69) is 36.2 Å². The van der Waals surface area contributed by atoms with E-state index in [9.17, 15) is 4.79 Å². The summed E-state index contributed by atoms with van der Waals surface area (Å²) in [5, 5.41) is 2.92. The number of hydrogen-bond acceptors (Lipinski definition) is 2. The molecule has 0 saturated carbocycles. The standard InChI is InChI=1S/C14H22N2O/c1-11-5-6-13(12(2)9-11)10-14(17)15-7-8-16(3)4/h5-6,9H,7-8,10H2,1-4H3,(H,15,17). The van der Waals surface area contributed by atoms with E-state index in [0.717, 1.165) is 12.1 Å². The average Bonchev–Trinajstić information content (AvgIpc) is 2.21. The lowest BCUT2D eigenvalue weighted by Crippen LogP contribution is -2.32. The normalized spacial score (nSPS) is 10.6. The molecule has 1 amide bonds. The third kappa shape index (κ3) is 5.00. The van der Waals surface area contributed by atoms with Gasteiger partial charge >= 0.3 is 0 Å². The summed E-state index contributed by atoms with van der Waals surface area (Å²) < 4.78 is 0. The van der Waals surface area contributed by atoms with Gasteiger partial charge in [0.05, 0.1) is 6.42 Å². The van der Waals surface area contributed by atoms with Crippen LogP contribution in [0.25, 0.3) is 0 Å². The van der Waals surface area contributed by atoms with Gasteiger partial charge in [-0.05, 0) is 39.1 Å². The highest BCUT2D eigenvalue weighted by molar-refractivity contribution is 5.78. The zero-order valence-corrected chi connectivity index (χ0v) is 11.2. The molecule has 94 valence electrons. The van der Waals surface area contributed by atoms with Crippen molar-refractivity contribution in [3.63, 3.8) is 0 Å². The Bertz CT molecular complexity index is 386. The van der Waals surface area contributed by atoms with Gasteiger partial charge in [0.2, 0.25) is 5.91 Å². The van der Waals surface area contributed by atoms with Crippen LogP contribution in [0.2, 0.25) is 0 Å². The number of carbonyl (C=O) groups is 1. The molecule has 0 aromatic heterocycles. The summed E-state index contributed by atoms with van der Waals surface area (Å²) in [6, 6.07) is 6.20. The van der Waals surface area contributed by atoms with Crippen LogP contribution in [0.15, 0.2) is 18.2 Å². The van der Waals surface area contributed by atoms with Crippen molar-refractivity contribution in [3.05, 3.63) is 34.9 Å². The van der Waals surface area contributed by atoms with Gasteiger partial charge in [0, 0.05) is 13.1 Å². The molecule has 0 spiro atoms. The van der Waals surface area contributed by atoms with Gasteiger partial charge in [0.25, 0.3) is 0 Å². The van der Waals surface area contributed by atoms with Gasteiger partial charge in [0.15, 0.2) is 0 Å². The van der Waals surface area contributed by atoms with E-state index >= 15 is 0 Å². The highest BCUT2D eigenvalue weighted by Gasteiger charge is 2.05. The first-order valence-electron chi connectivity index (χ1n) is 5.96. The van der Waals surface area contributed by atoms with Crippen LogP contribution >= 0.6 is 0 Å². The molecule has 0 bridgehead atoms. The molecule has 1 rings (SSSR count). The summed E-state index contributed by atoms with van der Waals surface area (Å²) in [7, 11) is 3.99. The lowest BCUT2D eigenvalue weighted by molar-refractivity contribution is -0.120. The predicted octanol–water partition coefficient (Wildman–Crippen LogP) is 1.52. The average molecular weight is 234 g/mol. The molecule has 0 atom stereocenters. The number of nitrogens with one attached hydrogen (secondary N) is 1. The largest absolute Gasteiger partial charge is 0.355 e. The maximum Gasteiger partial charge on any atom is 0.224 e. The van der Waals surface area contributed by atoms with Gasteiger partial charge in [-0.25, -0.2) is 0 Å². The second-order valence-electron chi connectivity index (χ2n) is 4.76. The van der Waals surface area contributed by atoms with E-state index in [1.54, 1.807) is 0 Å². The first-order valence-corrected chi connectivity index (χ1v) is 5.96. The van der Waals surface area contributed by atoms with Crippen molar-refractivity contribution in [2.45, 2.75) is 20.3 Å². The summed E-state index contributed by atoms with van der Waals surface area (Å²) in [5.74, 6) is 0.0961. The van der Waals surface area contributed by atoms with Gasteiger partial charge in [-0.3, -0.25) is 4.79 Å². The molecular weight excluding hydrogens is 212 g/mol. The van der Waals surface area contributed by atoms with Crippen LogP contribution < -0.4 is 5.32 Å². The van der Waals surface area contributed by atoms with Crippen LogP contribution in [0.3, 0.4) is 0 Å². The molecule has 0 aliphatic heterocycles. The van der Waals surface area contributed by atoms with Crippen LogP contribution in [0.1, 0.15) is 16.7 Å². The van der Waals surface area contributed by atoms with E-state index < -0.39 is 0 Å². The quantitative estimate of drug-likeness (QED) is 0.838. The smallest absolute Gasteiger partial charge is 0.224 e. The highest BCUT2D eigenvalue weighted by Crippen LogP contribution is 2.10. The van der Waals surface area contributed by atoms with Crippen molar-refractivity contribution >= 4 is 5.91 Å². The van der Waals surface area contributed by atoms with Crippen LogP contribution in [-0.2, 0) is 11.2 Å². The number of amides is 1. The maximum absolute atomic E-state index is 11.7. The van der Waals surface area contributed by atoms with Crippen molar-refractivity contribution in [2.75, 3.05) is 27.2 Å². The van der Waals surface area contributed by atoms with Crippen molar-refractivity contribution in [1.29, 1.82) is 0 Å². The lowest BCUT2D eigenvalue weighted by Gasteiger charge is -2.11. The molecule has 0 aliphatic rings. The van der Waals surface area contributed by atoms with E-state index in [1.807, 2.05) is 20.2 Å². The molecule has 1 N–H and O–H groups in total. The van der Waals surface area contributed by atoms with Crippen LogP contribution in [0.4, 0.5) is 0 Å². The van der Waals surface area contributed by atoms with Crippen LogP contribution in [0.5, 0.6) is 0 Å². The summed E-state index contributed by atoms with van der Waals surface area (Å²) in [4.78, 5) is 13.8. The van der Waals surface area contributed by atoms with Crippen LogP contribution in [0, 0.1) is 13.8 Å². The molecule has 3 nitrogen and oxygen atoms in total. The SMILES string of the molecule is Cc1ccc(CC(=O)NCCN(C)C)c(C)c1. The summed E-state index contributed by atoms with van der Waals surface area (Å²) in [5.41, 5.74) is 3.53. The van der Waals surface area contributed by atoms with Crippen molar-refractivity contribution < 1.29 is 4.79 Å². The number of rotatable bonds is 5. The van der Waals surface area contributed by atoms with Gasteiger partial charge in [0.1, 0.15) is 0 Å². The third-order valence-corrected chi connectivity index (χ3v) is 2.73. The Kier molecular flexibility index (Phi) is 5.16. The van der Waals surface area contributed by atoms with Gasteiger partial charge in [-0.1, -0.05) is 23.8 Å². The molecule has 0 unspecified atom stereocenters.